The Hall–Kier alpha value is -0.800. The molecule has 0 saturated heterocycles. The lowest BCUT2D eigenvalue weighted by atomic mass is 9.99. The molecule has 0 aliphatic carbocycles. The zero-order chi connectivity index (χ0) is 14.5. The molecule has 3 nitrogen and oxygen atoms in total. The Bertz CT molecular complexity index is 369. The first-order valence-corrected chi connectivity index (χ1v) is 7.34. The minimum Gasteiger partial charge on any atom is -0.468 e. The molecule has 0 aliphatic heterocycles. The Morgan fingerprint density at radius 3 is 2.63 bits per heavy atom. The molecular weight excluding hydrogens is 236 g/mol. The van der Waals surface area contributed by atoms with Crippen molar-refractivity contribution < 1.29 is 4.42 Å². The van der Waals surface area contributed by atoms with E-state index in [2.05, 4.69) is 57.9 Å². The van der Waals surface area contributed by atoms with E-state index in [1.807, 2.05) is 0 Å². The van der Waals surface area contributed by atoms with Crippen LogP contribution in [-0.2, 0) is 13.1 Å². The third kappa shape index (κ3) is 5.00. The van der Waals surface area contributed by atoms with Crippen LogP contribution in [0.25, 0.3) is 0 Å². The van der Waals surface area contributed by atoms with Gasteiger partial charge in [0.2, 0.25) is 0 Å². The molecule has 0 unspecified atom stereocenters. The molecule has 19 heavy (non-hydrogen) atoms. The summed E-state index contributed by atoms with van der Waals surface area (Å²) < 4.78 is 5.60. The molecule has 0 spiro atoms. The van der Waals surface area contributed by atoms with Crippen molar-refractivity contribution in [2.75, 3.05) is 13.6 Å². The van der Waals surface area contributed by atoms with Gasteiger partial charge >= 0.3 is 0 Å². The number of hydrogen-bond acceptors (Lipinski definition) is 3. The largest absolute Gasteiger partial charge is 0.468 e. The summed E-state index contributed by atoms with van der Waals surface area (Å²) in [5, 5.41) is 3.44. The van der Waals surface area contributed by atoms with Crippen LogP contribution in [0.1, 0.15) is 52.4 Å². The number of nitrogens with zero attached hydrogens (tertiary/aromatic N) is 1. The third-order valence-electron chi connectivity index (χ3n) is 3.98. The molecule has 1 heterocycles. The van der Waals surface area contributed by atoms with E-state index in [0.717, 1.165) is 31.8 Å². The van der Waals surface area contributed by atoms with Crippen molar-refractivity contribution in [1.82, 2.24) is 10.2 Å². The number of nitrogens with one attached hydrogen (secondary N) is 1. The molecule has 3 heteroatoms. The molecule has 1 rings (SSSR count). The lowest BCUT2D eigenvalue weighted by Crippen LogP contribution is -2.40. The Kier molecular flexibility index (Phi) is 6.08. The van der Waals surface area contributed by atoms with Crippen LogP contribution < -0.4 is 5.32 Å². The molecule has 0 saturated carbocycles. The van der Waals surface area contributed by atoms with Crippen molar-refractivity contribution in [1.29, 1.82) is 0 Å². The number of hydrogen-bond donors (Lipinski definition) is 1. The van der Waals surface area contributed by atoms with E-state index in [1.165, 1.54) is 5.56 Å². The fourth-order valence-electron chi connectivity index (χ4n) is 1.88. The van der Waals surface area contributed by atoms with Crippen LogP contribution in [0.15, 0.2) is 16.7 Å². The van der Waals surface area contributed by atoms with Crippen molar-refractivity contribution in [3.05, 3.63) is 23.7 Å². The molecule has 1 N–H and O–H groups in total. The first-order valence-electron chi connectivity index (χ1n) is 7.34. The van der Waals surface area contributed by atoms with E-state index < -0.39 is 0 Å². The van der Waals surface area contributed by atoms with Gasteiger partial charge < -0.3 is 9.73 Å². The average molecular weight is 266 g/mol. The summed E-state index contributed by atoms with van der Waals surface area (Å²) in [5.41, 5.74) is 1.51. The van der Waals surface area contributed by atoms with Crippen molar-refractivity contribution in [3.8, 4) is 0 Å². The Morgan fingerprint density at radius 2 is 2.05 bits per heavy atom. The monoisotopic (exact) mass is 266 g/mol. The zero-order valence-electron chi connectivity index (χ0n) is 13.4. The van der Waals surface area contributed by atoms with E-state index in [4.69, 9.17) is 4.42 Å². The maximum Gasteiger partial charge on any atom is 0.122 e. The van der Waals surface area contributed by atoms with Crippen LogP contribution >= 0.6 is 0 Å². The standard InChI is InChI=1S/C16H30N2O/c1-7-16(4,5)18(6)12-14-8-9-19-15(14)11-17-10-13(2)3/h8-9,13,17H,7,10-12H2,1-6H3. The van der Waals surface area contributed by atoms with Gasteiger partial charge in [0, 0.05) is 17.6 Å². The molecule has 1 aromatic heterocycles. The van der Waals surface area contributed by atoms with Gasteiger partial charge in [-0.3, -0.25) is 4.90 Å². The topological polar surface area (TPSA) is 28.4 Å². The minimum atomic E-state index is 0.222. The second kappa shape index (κ2) is 7.11. The molecule has 0 bridgehead atoms. The van der Waals surface area contributed by atoms with E-state index >= 15 is 0 Å². The quantitative estimate of drug-likeness (QED) is 0.778. The van der Waals surface area contributed by atoms with Gasteiger partial charge in [-0.2, -0.15) is 0 Å². The summed E-state index contributed by atoms with van der Waals surface area (Å²) in [4.78, 5) is 2.39. The Balaban J connectivity index is 2.57. The van der Waals surface area contributed by atoms with Crippen LogP contribution in [0.3, 0.4) is 0 Å². The second-order valence-electron chi connectivity index (χ2n) is 6.42. The number of furan rings is 1. The van der Waals surface area contributed by atoms with Gasteiger partial charge in [-0.25, -0.2) is 0 Å². The van der Waals surface area contributed by atoms with E-state index in [1.54, 1.807) is 6.26 Å². The molecule has 0 atom stereocenters. The number of rotatable bonds is 8. The lowest BCUT2D eigenvalue weighted by Gasteiger charge is -2.34. The smallest absolute Gasteiger partial charge is 0.122 e. The van der Waals surface area contributed by atoms with Crippen molar-refractivity contribution in [2.45, 2.75) is 59.7 Å². The Labute approximate surface area is 118 Å². The molecule has 0 fully saturated rings. The fourth-order valence-corrected chi connectivity index (χ4v) is 1.88. The first kappa shape index (κ1) is 16.3. The van der Waals surface area contributed by atoms with Crippen LogP contribution in [0, 0.1) is 5.92 Å². The van der Waals surface area contributed by atoms with Gasteiger partial charge in [-0.1, -0.05) is 20.8 Å². The molecule has 1 aromatic rings. The van der Waals surface area contributed by atoms with Gasteiger partial charge in [-0.15, -0.1) is 0 Å². The summed E-state index contributed by atoms with van der Waals surface area (Å²) in [7, 11) is 2.18. The van der Waals surface area contributed by atoms with Crippen molar-refractivity contribution in [3.63, 3.8) is 0 Å². The molecule has 0 aliphatic rings. The van der Waals surface area contributed by atoms with Gasteiger partial charge in [0.1, 0.15) is 5.76 Å². The van der Waals surface area contributed by atoms with Gasteiger partial charge in [0.05, 0.1) is 12.8 Å². The zero-order valence-corrected chi connectivity index (χ0v) is 13.4. The SMILES string of the molecule is CCC(C)(C)N(C)Cc1ccoc1CNCC(C)C. The highest BCUT2D eigenvalue weighted by molar-refractivity contribution is 5.17. The summed E-state index contributed by atoms with van der Waals surface area (Å²) in [6.45, 7) is 14.0. The van der Waals surface area contributed by atoms with Crippen LogP contribution in [0.2, 0.25) is 0 Å². The maximum atomic E-state index is 5.60. The predicted octanol–water partition coefficient (Wildman–Crippen LogP) is 3.65. The van der Waals surface area contributed by atoms with Crippen molar-refractivity contribution >= 4 is 0 Å². The molecular formula is C16H30N2O. The predicted molar refractivity (Wildman–Crippen MR) is 81.1 cm³/mol. The van der Waals surface area contributed by atoms with Gasteiger partial charge in [0.15, 0.2) is 0 Å². The normalized spacial score (nSPS) is 12.6. The van der Waals surface area contributed by atoms with Gasteiger partial charge in [0.25, 0.3) is 0 Å². The van der Waals surface area contributed by atoms with E-state index in [0.29, 0.717) is 5.92 Å². The maximum absolute atomic E-state index is 5.60. The highest BCUT2D eigenvalue weighted by Gasteiger charge is 2.22. The molecule has 0 aromatic carbocycles. The van der Waals surface area contributed by atoms with E-state index in [9.17, 15) is 0 Å². The molecule has 110 valence electrons. The second-order valence-corrected chi connectivity index (χ2v) is 6.42. The minimum absolute atomic E-state index is 0.222. The third-order valence-corrected chi connectivity index (χ3v) is 3.98. The van der Waals surface area contributed by atoms with Crippen molar-refractivity contribution in [2.24, 2.45) is 5.92 Å². The summed E-state index contributed by atoms with van der Waals surface area (Å²) >= 11 is 0. The summed E-state index contributed by atoms with van der Waals surface area (Å²) in [5.74, 6) is 1.74. The van der Waals surface area contributed by atoms with Crippen LogP contribution in [0.4, 0.5) is 0 Å². The van der Waals surface area contributed by atoms with Crippen LogP contribution in [-0.4, -0.2) is 24.0 Å². The highest BCUT2D eigenvalue weighted by atomic mass is 16.3. The average Bonchev–Trinajstić information content (AvgIpc) is 2.76. The molecule has 0 radical (unpaired) electrons. The fraction of sp³-hybridized carbons (Fsp3) is 0.750. The summed E-state index contributed by atoms with van der Waals surface area (Å²) in [6.07, 6.45) is 2.94. The first-order chi connectivity index (χ1) is 8.86. The Morgan fingerprint density at radius 1 is 1.37 bits per heavy atom. The van der Waals surface area contributed by atoms with Crippen LogP contribution in [0.5, 0.6) is 0 Å². The van der Waals surface area contributed by atoms with E-state index in [-0.39, 0.29) is 5.54 Å². The highest BCUT2D eigenvalue weighted by Crippen LogP contribution is 2.21. The lowest BCUT2D eigenvalue weighted by molar-refractivity contribution is 0.142. The molecule has 0 amide bonds. The van der Waals surface area contributed by atoms with Gasteiger partial charge in [-0.05, 0) is 45.8 Å². The summed E-state index contributed by atoms with van der Waals surface area (Å²) in [6, 6.07) is 2.09.